The Hall–Kier alpha value is -2.56. The molecule has 1 N–H and O–H groups in total. The first-order chi connectivity index (χ1) is 9.15. The normalized spacial score (nSPS) is 10.8. The third kappa shape index (κ3) is 1.99. The van der Waals surface area contributed by atoms with E-state index in [2.05, 4.69) is 9.97 Å². The van der Waals surface area contributed by atoms with Gasteiger partial charge in [-0.25, -0.2) is 13.8 Å². The Kier molecular flexibility index (Phi) is 2.59. The summed E-state index contributed by atoms with van der Waals surface area (Å²) in [7, 11) is 0. The van der Waals surface area contributed by atoms with Crippen LogP contribution < -0.4 is 5.56 Å². The number of para-hydroxylation sites is 1. The highest BCUT2D eigenvalue weighted by molar-refractivity contribution is 5.79. The van der Waals surface area contributed by atoms with Gasteiger partial charge in [-0.3, -0.25) is 4.79 Å². The van der Waals surface area contributed by atoms with Crippen LogP contribution in [-0.2, 0) is 0 Å². The Labute approximate surface area is 106 Å². The van der Waals surface area contributed by atoms with Crippen molar-refractivity contribution in [1.29, 1.82) is 0 Å². The van der Waals surface area contributed by atoms with E-state index in [1.807, 2.05) is 0 Å². The molecule has 0 radical (unpaired) electrons. The number of fused-ring (bicyclic) bond motifs is 1. The molecule has 0 aliphatic carbocycles. The number of benzene rings is 2. The number of hydrogen-bond acceptors (Lipinski definition) is 2. The number of aromatic nitrogens is 2. The van der Waals surface area contributed by atoms with Gasteiger partial charge in [0.25, 0.3) is 5.56 Å². The van der Waals surface area contributed by atoms with E-state index in [4.69, 9.17) is 0 Å². The topological polar surface area (TPSA) is 45.8 Å². The lowest BCUT2D eigenvalue weighted by Crippen LogP contribution is -2.10. The fourth-order valence-electron chi connectivity index (χ4n) is 1.89. The zero-order valence-corrected chi connectivity index (χ0v) is 9.65. The van der Waals surface area contributed by atoms with Crippen LogP contribution in [0.15, 0.2) is 47.3 Å². The van der Waals surface area contributed by atoms with Crippen LogP contribution in [0.25, 0.3) is 22.3 Å². The van der Waals surface area contributed by atoms with Gasteiger partial charge < -0.3 is 4.98 Å². The fourth-order valence-corrected chi connectivity index (χ4v) is 1.89. The van der Waals surface area contributed by atoms with Crippen molar-refractivity contribution >= 4 is 10.9 Å². The van der Waals surface area contributed by atoms with Gasteiger partial charge >= 0.3 is 0 Å². The van der Waals surface area contributed by atoms with Crippen molar-refractivity contribution in [2.24, 2.45) is 0 Å². The zero-order valence-electron chi connectivity index (χ0n) is 9.65. The van der Waals surface area contributed by atoms with Crippen molar-refractivity contribution < 1.29 is 8.78 Å². The third-order valence-electron chi connectivity index (χ3n) is 2.80. The lowest BCUT2D eigenvalue weighted by molar-refractivity contribution is 0.602. The van der Waals surface area contributed by atoms with Crippen molar-refractivity contribution in [1.82, 2.24) is 9.97 Å². The fraction of sp³-hybridized carbons (Fsp3) is 0. The Morgan fingerprint density at radius 2 is 1.84 bits per heavy atom. The number of halogens is 2. The van der Waals surface area contributed by atoms with Crippen LogP contribution in [0.2, 0.25) is 0 Å². The molecule has 2 aromatic carbocycles. The number of rotatable bonds is 1. The molecule has 1 aromatic heterocycles. The summed E-state index contributed by atoms with van der Waals surface area (Å²) in [6.45, 7) is 0. The summed E-state index contributed by atoms with van der Waals surface area (Å²) < 4.78 is 26.8. The molecule has 0 saturated carbocycles. The van der Waals surface area contributed by atoms with Gasteiger partial charge in [-0.1, -0.05) is 12.1 Å². The van der Waals surface area contributed by atoms with E-state index in [1.54, 1.807) is 24.3 Å². The van der Waals surface area contributed by atoms with Crippen LogP contribution in [0.1, 0.15) is 0 Å². The summed E-state index contributed by atoms with van der Waals surface area (Å²) in [5.74, 6) is -1.22. The van der Waals surface area contributed by atoms with E-state index in [9.17, 15) is 13.6 Å². The van der Waals surface area contributed by atoms with Crippen molar-refractivity contribution in [3.05, 3.63) is 64.5 Å². The van der Waals surface area contributed by atoms with Gasteiger partial charge in [-0.15, -0.1) is 0 Å². The molecule has 0 unspecified atom stereocenters. The van der Waals surface area contributed by atoms with Gasteiger partial charge in [0.1, 0.15) is 17.5 Å². The van der Waals surface area contributed by atoms with Gasteiger partial charge in [0.05, 0.1) is 16.5 Å². The Balaban J connectivity index is 2.31. The standard InChI is InChI=1S/C14H8F2N2O/c15-8-5-6-11(16)10(7-8)13-17-12-4-2-1-3-9(12)14(19)18-13/h1-7H,(H,17,18,19). The van der Waals surface area contributed by atoms with Crippen LogP contribution in [0.4, 0.5) is 8.78 Å². The van der Waals surface area contributed by atoms with E-state index in [-0.39, 0.29) is 16.9 Å². The Morgan fingerprint density at radius 3 is 2.68 bits per heavy atom. The second kappa shape index (κ2) is 4.28. The predicted molar refractivity (Wildman–Crippen MR) is 67.7 cm³/mol. The molecule has 19 heavy (non-hydrogen) atoms. The molecule has 0 atom stereocenters. The van der Waals surface area contributed by atoms with E-state index in [0.717, 1.165) is 18.2 Å². The molecule has 5 heteroatoms. The van der Waals surface area contributed by atoms with Crippen LogP contribution in [0.3, 0.4) is 0 Å². The average Bonchev–Trinajstić information content (AvgIpc) is 2.41. The number of H-pyrrole nitrogens is 1. The SMILES string of the molecule is O=c1[nH]c(-c2cc(F)ccc2F)nc2ccccc12. The van der Waals surface area contributed by atoms with Crippen LogP contribution in [0.5, 0.6) is 0 Å². The van der Waals surface area contributed by atoms with Crippen molar-refractivity contribution in [3.63, 3.8) is 0 Å². The van der Waals surface area contributed by atoms with Gasteiger partial charge in [0.2, 0.25) is 0 Å². The minimum Gasteiger partial charge on any atom is -0.306 e. The minimum atomic E-state index is -0.639. The molecule has 0 spiro atoms. The number of aromatic amines is 1. The van der Waals surface area contributed by atoms with E-state index in [1.165, 1.54) is 0 Å². The van der Waals surface area contributed by atoms with Gasteiger partial charge in [0, 0.05) is 0 Å². The molecule has 3 nitrogen and oxygen atoms in total. The highest BCUT2D eigenvalue weighted by Crippen LogP contribution is 2.20. The average molecular weight is 258 g/mol. The zero-order chi connectivity index (χ0) is 13.4. The molecule has 0 amide bonds. The van der Waals surface area contributed by atoms with Gasteiger partial charge in [-0.05, 0) is 30.3 Å². The summed E-state index contributed by atoms with van der Waals surface area (Å²) in [5.41, 5.74) is -0.0166. The molecule has 0 saturated heterocycles. The summed E-state index contributed by atoms with van der Waals surface area (Å²) in [6.07, 6.45) is 0. The number of hydrogen-bond donors (Lipinski definition) is 1. The van der Waals surface area contributed by atoms with E-state index >= 15 is 0 Å². The first kappa shape index (κ1) is 11.5. The number of nitrogens with zero attached hydrogens (tertiary/aromatic N) is 1. The third-order valence-corrected chi connectivity index (χ3v) is 2.80. The molecule has 94 valence electrons. The molecule has 1 heterocycles. The smallest absolute Gasteiger partial charge is 0.259 e. The maximum absolute atomic E-state index is 13.7. The van der Waals surface area contributed by atoms with Crippen molar-refractivity contribution in [3.8, 4) is 11.4 Å². The summed E-state index contributed by atoms with van der Waals surface area (Å²) in [4.78, 5) is 18.5. The monoisotopic (exact) mass is 258 g/mol. The maximum Gasteiger partial charge on any atom is 0.259 e. The molecule has 0 bridgehead atoms. The van der Waals surface area contributed by atoms with Gasteiger partial charge in [-0.2, -0.15) is 0 Å². The summed E-state index contributed by atoms with van der Waals surface area (Å²) >= 11 is 0. The first-order valence-corrected chi connectivity index (χ1v) is 5.59. The van der Waals surface area contributed by atoms with E-state index in [0.29, 0.717) is 10.9 Å². The van der Waals surface area contributed by atoms with Gasteiger partial charge in [0.15, 0.2) is 0 Å². The predicted octanol–water partition coefficient (Wildman–Crippen LogP) is 2.87. The molecule has 3 aromatic rings. The Bertz CT molecular complexity index is 827. The highest BCUT2D eigenvalue weighted by atomic mass is 19.1. The van der Waals surface area contributed by atoms with Crippen molar-refractivity contribution in [2.45, 2.75) is 0 Å². The summed E-state index contributed by atoms with van der Waals surface area (Å²) in [6, 6.07) is 9.71. The largest absolute Gasteiger partial charge is 0.306 e. The lowest BCUT2D eigenvalue weighted by atomic mass is 10.1. The minimum absolute atomic E-state index is 0.0145. The highest BCUT2D eigenvalue weighted by Gasteiger charge is 2.10. The summed E-state index contributed by atoms with van der Waals surface area (Å²) in [5, 5.41) is 0.406. The van der Waals surface area contributed by atoms with Crippen LogP contribution in [-0.4, -0.2) is 9.97 Å². The molecule has 0 aliphatic heterocycles. The quantitative estimate of drug-likeness (QED) is 0.729. The number of nitrogens with one attached hydrogen (secondary N) is 1. The lowest BCUT2D eigenvalue weighted by Gasteiger charge is -2.04. The second-order valence-corrected chi connectivity index (χ2v) is 4.06. The first-order valence-electron chi connectivity index (χ1n) is 5.59. The van der Waals surface area contributed by atoms with E-state index < -0.39 is 11.6 Å². The molecular weight excluding hydrogens is 250 g/mol. The van der Waals surface area contributed by atoms with Crippen molar-refractivity contribution in [2.75, 3.05) is 0 Å². The van der Waals surface area contributed by atoms with Crippen LogP contribution in [0, 0.1) is 11.6 Å². The van der Waals surface area contributed by atoms with Crippen LogP contribution >= 0.6 is 0 Å². The second-order valence-electron chi connectivity index (χ2n) is 4.06. The molecule has 0 aliphatic rings. The molecular formula is C14H8F2N2O. The Morgan fingerprint density at radius 1 is 1.05 bits per heavy atom. The molecule has 3 rings (SSSR count). The maximum atomic E-state index is 13.7. The molecule has 0 fully saturated rings.